The molecule has 0 spiro atoms. The molecule has 0 atom stereocenters. The van der Waals surface area contributed by atoms with Crippen LogP contribution in [0.4, 0.5) is 70.2 Å². The summed E-state index contributed by atoms with van der Waals surface area (Å²) in [5.41, 5.74) is 11.9. The second-order valence-corrected chi connectivity index (χ2v) is 35.5. The first-order valence-electron chi connectivity index (χ1n) is 45.4. The van der Waals surface area contributed by atoms with Crippen LogP contribution in [0.5, 0.6) is 28.7 Å². The lowest BCUT2D eigenvalue weighted by atomic mass is 10.1. The Labute approximate surface area is 838 Å². The lowest BCUT2D eigenvalue weighted by Gasteiger charge is -2.23. The summed E-state index contributed by atoms with van der Waals surface area (Å²) >= 11 is 9.34. The number of thiazole rings is 2. The van der Waals surface area contributed by atoms with Gasteiger partial charge in [-0.25, -0.2) is 24.3 Å². The first-order chi connectivity index (χ1) is 68.9. The zero-order valence-electron chi connectivity index (χ0n) is 79.3. The topological polar surface area (TPSA) is 162 Å². The highest BCUT2D eigenvalue weighted by Gasteiger charge is 2.36. The van der Waals surface area contributed by atoms with Crippen molar-refractivity contribution < 1.29 is 93.9 Å². The molecule has 38 heteroatoms. The average molecular weight is 2060 g/mol. The van der Waals surface area contributed by atoms with Gasteiger partial charge in [0.25, 0.3) is 0 Å². The van der Waals surface area contributed by atoms with Crippen LogP contribution in [0.1, 0.15) is 106 Å². The van der Waals surface area contributed by atoms with Gasteiger partial charge in [-0.05, 0) is 187 Å². The molecule has 6 aromatic heterocycles. The maximum Gasteiger partial charge on any atom is 0.451 e. The fraction of sp³-hybridized carbons (Fsp3) is 0.292. The van der Waals surface area contributed by atoms with Crippen LogP contribution in [0.2, 0.25) is 5.02 Å². The number of pyridine rings is 1. The summed E-state index contributed by atoms with van der Waals surface area (Å²) in [5, 5.41) is 0.695. The van der Waals surface area contributed by atoms with E-state index < -0.39 is 59.0 Å². The number of rotatable bonds is 41. The van der Waals surface area contributed by atoms with E-state index in [2.05, 4.69) is 112 Å². The van der Waals surface area contributed by atoms with Gasteiger partial charge in [0.1, 0.15) is 61.1 Å². The molecule has 6 heterocycles. The summed E-state index contributed by atoms with van der Waals surface area (Å²) in [5.74, 6) is 1.32. The van der Waals surface area contributed by atoms with Crippen molar-refractivity contribution in [2.24, 2.45) is 14.1 Å². The third-order valence-electron chi connectivity index (χ3n) is 22.3. The molecular formula is C106H107ClF16N14O5S2. The molecule has 0 aliphatic carbocycles. The normalized spacial score (nSPS) is 11.7. The molecule has 0 amide bonds. The monoisotopic (exact) mass is 2060 g/mol. The van der Waals surface area contributed by atoms with Crippen LogP contribution in [0.15, 0.2) is 304 Å². The number of benzene rings is 9. The number of ether oxygens (including phenoxy) is 5. The summed E-state index contributed by atoms with van der Waals surface area (Å²) in [7, 11) is 3.90. The molecule has 0 N–H and O–H groups in total. The number of hydrogen-bond acceptors (Lipinski definition) is 19. The van der Waals surface area contributed by atoms with Crippen molar-refractivity contribution in [1.82, 2.24) is 68.5 Å². The Morgan fingerprint density at radius 2 is 0.694 bits per heavy atom. The third-order valence-corrected chi connectivity index (χ3v) is 24.2. The quantitative estimate of drug-likeness (QED) is 0.0262. The van der Waals surface area contributed by atoms with Crippen molar-refractivity contribution in [3.63, 3.8) is 0 Å². The smallest absolute Gasteiger partial charge is 0.451 e. The lowest BCUT2D eigenvalue weighted by molar-refractivity contribution is -0.145. The van der Waals surface area contributed by atoms with Crippen LogP contribution >= 0.6 is 34.3 Å². The Kier molecular flexibility index (Phi) is 42.5. The van der Waals surface area contributed by atoms with Crippen LogP contribution in [0, 0.1) is 26.6 Å². The Bertz CT molecular complexity index is 5950. The van der Waals surface area contributed by atoms with Gasteiger partial charge in [-0.3, -0.25) is 39.5 Å². The fourth-order valence-electron chi connectivity index (χ4n) is 14.4. The molecule has 0 aliphatic heterocycles. The molecule has 144 heavy (non-hydrogen) atoms. The van der Waals surface area contributed by atoms with E-state index in [9.17, 15) is 70.2 Å². The van der Waals surface area contributed by atoms with Crippen LogP contribution in [0.25, 0.3) is 0 Å². The van der Waals surface area contributed by atoms with Crippen molar-refractivity contribution in [2.45, 2.75) is 124 Å². The molecule has 19 nitrogen and oxygen atoms in total. The minimum Gasteiger partial charge on any atom is -0.492 e. The van der Waals surface area contributed by atoms with Gasteiger partial charge in [0, 0.05) is 169 Å². The van der Waals surface area contributed by atoms with E-state index in [0.717, 1.165) is 126 Å². The fourth-order valence-corrected chi connectivity index (χ4v) is 15.8. The number of halogens is 17. The number of alkyl halides is 15. The molecule has 0 saturated heterocycles. The third kappa shape index (κ3) is 38.2. The number of aromatic nitrogens is 9. The van der Waals surface area contributed by atoms with Gasteiger partial charge >= 0.3 is 30.9 Å². The summed E-state index contributed by atoms with van der Waals surface area (Å²) in [6, 6.07) is 61.7. The first kappa shape index (κ1) is 111. The van der Waals surface area contributed by atoms with Gasteiger partial charge in [-0.2, -0.15) is 65.9 Å². The molecule has 0 radical (unpaired) electrons. The van der Waals surface area contributed by atoms with E-state index >= 15 is 0 Å². The van der Waals surface area contributed by atoms with Crippen LogP contribution in [-0.4, -0.2) is 134 Å². The Morgan fingerprint density at radius 1 is 0.319 bits per heavy atom. The number of aryl methyl sites for hydroxylation is 5. The predicted molar refractivity (Wildman–Crippen MR) is 522 cm³/mol. The van der Waals surface area contributed by atoms with E-state index in [1.54, 1.807) is 65.5 Å². The molecule has 0 unspecified atom stereocenters. The van der Waals surface area contributed by atoms with Crippen molar-refractivity contribution in [2.75, 3.05) is 65.8 Å². The van der Waals surface area contributed by atoms with E-state index in [4.69, 9.17) is 35.3 Å². The van der Waals surface area contributed by atoms with E-state index in [1.165, 1.54) is 99.3 Å². The summed E-state index contributed by atoms with van der Waals surface area (Å²) in [6.07, 6.45) is -4.71. The van der Waals surface area contributed by atoms with Crippen molar-refractivity contribution in [3.05, 3.63) is 414 Å². The Balaban J connectivity index is 0.000000172. The number of imidazole rings is 2. The molecule has 762 valence electrons. The van der Waals surface area contributed by atoms with Gasteiger partial charge in [-0.1, -0.05) is 127 Å². The van der Waals surface area contributed by atoms with E-state index in [1.807, 2.05) is 126 Å². The lowest BCUT2D eigenvalue weighted by Crippen LogP contribution is -2.29. The van der Waals surface area contributed by atoms with Gasteiger partial charge < -0.3 is 32.8 Å². The number of nitrogens with zero attached hydrogens (tertiary/aromatic N) is 14. The maximum atomic E-state index is 14.0. The average Bonchev–Trinajstić information content (AvgIpc) is 1.77. The van der Waals surface area contributed by atoms with Gasteiger partial charge in [0.15, 0.2) is 5.75 Å². The maximum absolute atomic E-state index is 14.0. The summed E-state index contributed by atoms with van der Waals surface area (Å²) in [6.45, 7) is 17.6. The van der Waals surface area contributed by atoms with E-state index in [-0.39, 0.29) is 18.2 Å². The van der Waals surface area contributed by atoms with E-state index in [0.29, 0.717) is 132 Å². The molecule has 15 rings (SSSR count). The second-order valence-electron chi connectivity index (χ2n) is 33.2. The minimum absolute atomic E-state index is 0.223. The molecule has 0 fully saturated rings. The molecule has 15 aromatic rings. The van der Waals surface area contributed by atoms with Crippen molar-refractivity contribution in [1.29, 1.82) is 0 Å². The predicted octanol–water partition coefficient (Wildman–Crippen LogP) is 25.6. The van der Waals surface area contributed by atoms with Crippen LogP contribution < -0.4 is 23.7 Å². The molecule has 0 bridgehead atoms. The number of hydrogen-bond donors (Lipinski definition) is 0. The van der Waals surface area contributed by atoms with Gasteiger partial charge in [0.2, 0.25) is 5.82 Å². The van der Waals surface area contributed by atoms with Gasteiger partial charge in [0.05, 0.1) is 70.8 Å². The Hall–Kier alpha value is -13.1. The Morgan fingerprint density at radius 3 is 1.06 bits per heavy atom. The van der Waals surface area contributed by atoms with Crippen molar-refractivity contribution in [3.8, 4) is 28.7 Å². The molecular weight excluding hydrogens is 1950 g/mol. The highest BCUT2D eigenvalue weighted by atomic mass is 35.5. The van der Waals surface area contributed by atoms with Crippen LogP contribution in [-0.2, 0) is 110 Å². The van der Waals surface area contributed by atoms with Crippen LogP contribution in [0.3, 0.4) is 0 Å². The molecule has 0 saturated carbocycles. The summed E-state index contributed by atoms with van der Waals surface area (Å²) < 4.78 is 235. The highest BCUT2D eigenvalue weighted by Crippen LogP contribution is 2.36. The molecule has 9 aromatic carbocycles. The largest absolute Gasteiger partial charge is 0.492 e. The zero-order valence-corrected chi connectivity index (χ0v) is 81.6. The van der Waals surface area contributed by atoms with Gasteiger partial charge in [-0.15, -0.1) is 22.7 Å². The first-order valence-corrected chi connectivity index (χ1v) is 47.5. The molecule has 0 aliphatic rings. The SMILES string of the molecule is Cc1ccccc1CN(CCCOc1cnc(C(F)(F)F)nc1)Cc1cccnc1.Cc1ccccc1CN(CCOc1ccc(C(F)(F)F)cc1)Cc1cncn1C.Cc1ccccc1CN(CCOc1ccc(C(F)(F)F)cc1)Cc1nccn1C.FC(F)(F)c1ccc(OCCN(Cc2cncs2)Cc2ccccc2Cl)cc1.Fc1ccccc1CN(CCOc1ccc(C(F)(F)F)cc1)Cc1cncs1. The second kappa shape index (κ2) is 55.1. The zero-order chi connectivity index (χ0) is 103. The van der Waals surface area contributed by atoms with Crippen molar-refractivity contribution >= 4 is 34.3 Å². The summed E-state index contributed by atoms with van der Waals surface area (Å²) in [4.78, 5) is 40.6. The standard InChI is InChI=1S/C22H23F3N4O.2C22H24F3N3O.C20H18ClF3N2OS.C20H18F4N2OS/c1-17-6-2-3-8-19(17)16-29(15-18-7-4-9-26-12-18)10-5-11-30-20-13-27-21(28-14-20)22(23,24)25;1-17-5-3-4-6-18(17)14-28(15-20-13-26-16-27(20)2)11-12-29-21-9-7-19(8-10-21)22(23,24)25;1-17-5-3-4-6-18(17)15-28(16-21-26-11-12-27(21)2)13-14-29-20-9-7-19(8-10-20)22(23,24)25;2*21-19-4-2-1-3-15(19)12-26(13-18-11-25-14-28-18)9-10-27-17-7-5-16(6-8-17)20(22,23)24/h2-4,6-9,12-14H,5,10-11,15-16H2,1H3;3-10,13,16H,11-12,14-15H2,1-2H3;3-12H,13-16H2,1-2H3;2*1-8,11,14H,9-10,12-13H2. The highest BCUT2D eigenvalue weighted by molar-refractivity contribution is 7.09. The minimum atomic E-state index is -4.55.